The SMILES string of the molecule is CCCSc1nc2nc3c(cn2n1)C(=O)C[C@@H](C)C3. The number of carbonyl (C=O) groups is 1. The van der Waals surface area contributed by atoms with Crippen LogP contribution in [0.3, 0.4) is 0 Å². The molecule has 1 aliphatic rings. The lowest BCUT2D eigenvalue weighted by molar-refractivity contribution is 0.0951. The van der Waals surface area contributed by atoms with Crippen LogP contribution in [0.25, 0.3) is 5.78 Å². The van der Waals surface area contributed by atoms with E-state index in [2.05, 4.69) is 28.9 Å². The van der Waals surface area contributed by atoms with E-state index in [9.17, 15) is 4.79 Å². The Kier molecular flexibility index (Phi) is 3.26. The van der Waals surface area contributed by atoms with Crippen molar-refractivity contribution in [3.05, 3.63) is 17.5 Å². The predicted octanol–water partition coefficient (Wildman–Crippen LogP) is 2.39. The minimum Gasteiger partial charge on any atom is -0.294 e. The van der Waals surface area contributed by atoms with Crippen molar-refractivity contribution in [1.82, 2.24) is 19.6 Å². The summed E-state index contributed by atoms with van der Waals surface area (Å²) in [6, 6.07) is 0. The summed E-state index contributed by atoms with van der Waals surface area (Å²) in [6.07, 6.45) is 4.32. The molecule has 0 fully saturated rings. The highest BCUT2D eigenvalue weighted by atomic mass is 32.2. The molecule has 0 unspecified atom stereocenters. The summed E-state index contributed by atoms with van der Waals surface area (Å²) < 4.78 is 1.63. The minimum atomic E-state index is 0.168. The molecule has 3 rings (SSSR count). The van der Waals surface area contributed by atoms with E-state index in [1.54, 1.807) is 22.5 Å². The van der Waals surface area contributed by atoms with Gasteiger partial charge in [-0.25, -0.2) is 9.50 Å². The molecule has 19 heavy (non-hydrogen) atoms. The number of nitrogens with zero attached hydrogens (tertiary/aromatic N) is 4. The molecular weight excluding hydrogens is 260 g/mol. The van der Waals surface area contributed by atoms with E-state index in [1.165, 1.54) is 0 Å². The van der Waals surface area contributed by atoms with Gasteiger partial charge in [-0.05, 0) is 18.8 Å². The molecule has 5 nitrogen and oxygen atoms in total. The van der Waals surface area contributed by atoms with E-state index < -0.39 is 0 Å². The van der Waals surface area contributed by atoms with Crippen molar-refractivity contribution >= 4 is 23.3 Å². The van der Waals surface area contributed by atoms with Crippen LogP contribution < -0.4 is 0 Å². The molecule has 0 radical (unpaired) electrons. The second-order valence-electron chi connectivity index (χ2n) is 5.03. The number of thioether (sulfide) groups is 1. The van der Waals surface area contributed by atoms with Gasteiger partial charge >= 0.3 is 0 Å². The first kappa shape index (κ1) is 12.6. The van der Waals surface area contributed by atoms with Crippen molar-refractivity contribution in [2.75, 3.05) is 5.75 Å². The van der Waals surface area contributed by atoms with Crippen molar-refractivity contribution in [1.29, 1.82) is 0 Å². The normalized spacial score (nSPS) is 18.8. The molecule has 1 atom stereocenters. The summed E-state index contributed by atoms with van der Waals surface area (Å²) in [6.45, 7) is 4.21. The van der Waals surface area contributed by atoms with Gasteiger partial charge in [0.15, 0.2) is 5.78 Å². The summed E-state index contributed by atoms with van der Waals surface area (Å²) in [5.74, 6) is 2.12. The second kappa shape index (κ2) is 4.92. The van der Waals surface area contributed by atoms with Crippen LogP contribution >= 0.6 is 11.8 Å². The Morgan fingerprint density at radius 1 is 1.42 bits per heavy atom. The molecular formula is C13H16N4OS. The van der Waals surface area contributed by atoms with Gasteiger partial charge in [-0.1, -0.05) is 25.6 Å². The molecule has 6 heteroatoms. The van der Waals surface area contributed by atoms with E-state index in [0.717, 1.165) is 29.4 Å². The first-order chi connectivity index (χ1) is 9.17. The van der Waals surface area contributed by atoms with Gasteiger partial charge in [-0.2, -0.15) is 4.98 Å². The fourth-order valence-corrected chi connectivity index (χ4v) is 2.99. The molecule has 100 valence electrons. The van der Waals surface area contributed by atoms with Crippen molar-refractivity contribution < 1.29 is 4.79 Å². The topological polar surface area (TPSA) is 60.1 Å². The van der Waals surface area contributed by atoms with Gasteiger partial charge in [-0.15, -0.1) is 5.10 Å². The highest BCUT2D eigenvalue weighted by Gasteiger charge is 2.25. The third-order valence-corrected chi connectivity index (χ3v) is 4.25. The highest BCUT2D eigenvalue weighted by Crippen LogP contribution is 2.24. The second-order valence-corrected chi connectivity index (χ2v) is 6.09. The zero-order valence-corrected chi connectivity index (χ0v) is 11.9. The van der Waals surface area contributed by atoms with Crippen LogP contribution in [0.4, 0.5) is 0 Å². The van der Waals surface area contributed by atoms with E-state index in [-0.39, 0.29) is 5.78 Å². The van der Waals surface area contributed by atoms with Gasteiger partial charge in [0.25, 0.3) is 5.78 Å². The zero-order chi connectivity index (χ0) is 13.4. The van der Waals surface area contributed by atoms with E-state index >= 15 is 0 Å². The summed E-state index contributed by atoms with van der Waals surface area (Å²) >= 11 is 1.62. The van der Waals surface area contributed by atoms with Gasteiger partial charge in [-0.3, -0.25) is 4.79 Å². The molecule has 0 amide bonds. The third kappa shape index (κ3) is 2.36. The van der Waals surface area contributed by atoms with Gasteiger partial charge < -0.3 is 0 Å². The Morgan fingerprint density at radius 3 is 3.05 bits per heavy atom. The lowest BCUT2D eigenvalue weighted by Gasteiger charge is -2.18. The highest BCUT2D eigenvalue weighted by molar-refractivity contribution is 7.99. The first-order valence-electron chi connectivity index (χ1n) is 6.59. The molecule has 0 aromatic carbocycles. The lowest BCUT2D eigenvalue weighted by atomic mass is 9.88. The molecule has 0 saturated carbocycles. The van der Waals surface area contributed by atoms with Crippen LogP contribution in [0.15, 0.2) is 11.4 Å². The van der Waals surface area contributed by atoms with Crippen LogP contribution in [0.2, 0.25) is 0 Å². The quantitative estimate of drug-likeness (QED) is 0.806. The van der Waals surface area contributed by atoms with Crippen LogP contribution in [0.1, 0.15) is 42.7 Å². The van der Waals surface area contributed by atoms with Gasteiger partial charge in [0, 0.05) is 18.4 Å². The molecule has 0 saturated heterocycles. The molecule has 0 aliphatic heterocycles. The molecule has 0 spiro atoms. The monoisotopic (exact) mass is 276 g/mol. The number of rotatable bonds is 3. The minimum absolute atomic E-state index is 0.168. The number of aromatic nitrogens is 4. The summed E-state index contributed by atoms with van der Waals surface area (Å²) in [5.41, 5.74) is 1.58. The van der Waals surface area contributed by atoms with Crippen LogP contribution in [-0.4, -0.2) is 31.1 Å². The molecule has 2 heterocycles. The number of fused-ring (bicyclic) bond motifs is 2. The van der Waals surface area contributed by atoms with Crippen molar-refractivity contribution in [3.8, 4) is 0 Å². The summed E-state index contributed by atoms with van der Waals surface area (Å²) in [4.78, 5) is 20.9. The Bertz CT molecular complexity index is 637. The zero-order valence-electron chi connectivity index (χ0n) is 11.1. The lowest BCUT2D eigenvalue weighted by Crippen LogP contribution is -2.20. The maximum atomic E-state index is 12.0. The first-order valence-corrected chi connectivity index (χ1v) is 7.58. The number of hydrogen-bond donors (Lipinski definition) is 0. The number of Topliss-reactive ketones (excluding diaryl/α,β-unsaturated/α-hetero) is 1. The number of ketones is 1. The van der Waals surface area contributed by atoms with Crippen LogP contribution in [-0.2, 0) is 6.42 Å². The van der Waals surface area contributed by atoms with Crippen LogP contribution in [0, 0.1) is 5.92 Å². The molecule has 2 aromatic heterocycles. The van der Waals surface area contributed by atoms with Crippen LogP contribution in [0.5, 0.6) is 0 Å². The van der Waals surface area contributed by atoms with Gasteiger partial charge in [0.2, 0.25) is 5.16 Å². The van der Waals surface area contributed by atoms with Gasteiger partial charge in [0.1, 0.15) is 0 Å². The Morgan fingerprint density at radius 2 is 2.26 bits per heavy atom. The molecule has 0 bridgehead atoms. The average molecular weight is 276 g/mol. The Labute approximate surface area is 115 Å². The summed E-state index contributed by atoms with van der Waals surface area (Å²) in [5, 5.41) is 5.10. The fourth-order valence-electron chi connectivity index (χ4n) is 2.31. The molecule has 2 aromatic rings. The average Bonchev–Trinajstić information content (AvgIpc) is 2.75. The summed E-state index contributed by atoms with van der Waals surface area (Å²) in [7, 11) is 0. The largest absolute Gasteiger partial charge is 0.294 e. The maximum Gasteiger partial charge on any atom is 0.253 e. The fraction of sp³-hybridized carbons (Fsp3) is 0.538. The number of hydrogen-bond acceptors (Lipinski definition) is 5. The standard InChI is InChI=1S/C13H16N4OS/c1-3-4-19-13-15-12-14-10-5-8(2)6-11(18)9(10)7-17(12)16-13/h7-8H,3-6H2,1-2H3/t8-/m0/s1. The van der Waals surface area contributed by atoms with E-state index in [4.69, 9.17) is 0 Å². The predicted molar refractivity (Wildman–Crippen MR) is 73.6 cm³/mol. The molecule has 1 aliphatic carbocycles. The Hall–Kier alpha value is -1.43. The molecule has 0 N–H and O–H groups in total. The van der Waals surface area contributed by atoms with E-state index in [1.807, 2.05) is 0 Å². The van der Waals surface area contributed by atoms with E-state index in [0.29, 0.717) is 23.7 Å². The van der Waals surface area contributed by atoms with Crippen molar-refractivity contribution in [3.63, 3.8) is 0 Å². The smallest absolute Gasteiger partial charge is 0.253 e. The third-order valence-electron chi connectivity index (χ3n) is 3.20. The van der Waals surface area contributed by atoms with Gasteiger partial charge in [0.05, 0.1) is 11.3 Å². The van der Waals surface area contributed by atoms with Crippen molar-refractivity contribution in [2.45, 2.75) is 38.3 Å². The number of carbonyl (C=O) groups excluding carboxylic acids is 1. The maximum absolute atomic E-state index is 12.0. The Balaban J connectivity index is 2.02. The van der Waals surface area contributed by atoms with Crippen molar-refractivity contribution in [2.24, 2.45) is 5.92 Å².